The van der Waals surface area contributed by atoms with Crippen LogP contribution in [0.3, 0.4) is 0 Å². The number of carbonyl (C=O) groups excluding carboxylic acids is 1. The Morgan fingerprint density at radius 3 is 2.21 bits per heavy atom. The van der Waals surface area contributed by atoms with E-state index in [1.165, 1.54) is 11.1 Å². The van der Waals surface area contributed by atoms with Gasteiger partial charge in [0.25, 0.3) is 5.91 Å². The summed E-state index contributed by atoms with van der Waals surface area (Å²) < 4.78 is 0. The van der Waals surface area contributed by atoms with E-state index >= 15 is 0 Å². The van der Waals surface area contributed by atoms with Crippen molar-refractivity contribution in [2.75, 3.05) is 7.05 Å². The predicted molar refractivity (Wildman–Crippen MR) is 60.7 cm³/mol. The number of nitrogens with zero attached hydrogens (tertiary/aromatic N) is 1. The quantitative estimate of drug-likeness (QED) is 0.496. The SMILES string of the molecule is C=CN(C)C(=O)/C(=C\C(=C)C)C(C)C. The molecule has 0 aliphatic carbocycles. The highest BCUT2D eigenvalue weighted by atomic mass is 16.2. The molecular formula is C12H19NO. The maximum Gasteiger partial charge on any atom is 0.253 e. The lowest BCUT2D eigenvalue weighted by Gasteiger charge is -2.16. The van der Waals surface area contributed by atoms with Gasteiger partial charge in [0.05, 0.1) is 0 Å². The van der Waals surface area contributed by atoms with Gasteiger partial charge in [-0.15, -0.1) is 0 Å². The number of carbonyl (C=O) groups is 1. The molecule has 0 N–H and O–H groups in total. The summed E-state index contributed by atoms with van der Waals surface area (Å²) in [6.07, 6.45) is 3.34. The number of rotatable bonds is 4. The standard InChI is InChI=1S/C12H19NO/c1-7-13(6)12(14)11(10(4)5)8-9(2)3/h7-8,10H,1-2H2,3-6H3/b11-8-. The van der Waals surface area contributed by atoms with Crippen molar-refractivity contribution in [2.24, 2.45) is 5.92 Å². The molecule has 0 aliphatic rings. The molecule has 0 spiro atoms. The van der Waals surface area contributed by atoms with Crippen LogP contribution in [0.25, 0.3) is 0 Å². The summed E-state index contributed by atoms with van der Waals surface area (Å²) in [6.45, 7) is 13.2. The maximum absolute atomic E-state index is 11.8. The van der Waals surface area contributed by atoms with E-state index < -0.39 is 0 Å². The number of likely N-dealkylation sites (N-methyl/N-ethyl adjacent to an activating group) is 1. The molecule has 0 heterocycles. The summed E-state index contributed by atoms with van der Waals surface area (Å²) >= 11 is 0. The Labute approximate surface area is 86.6 Å². The van der Waals surface area contributed by atoms with Gasteiger partial charge in [-0.3, -0.25) is 4.79 Å². The Balaban J connectivity index is 4.94. The fourth-order valence-electron chi connectivity index (χ4n) is 1.03. The smallest absolute Gasteiger partial charge is 0.253 e. The van der Waals surface area contributed by atoms with E-state index in [0.29, 0.717) is 0 Å². The van der Waals surface area contributed by atoms with Crippen LogP contribution in [0.4, 0.5) is 0 Å². The molecule has 0 aromatic heterocycles. The molecule has 14 heavy (non-hydrogen) atoms. The van der Waals surface area contributed by atoms with Crippen molar-refractivity contribution in [3.63, 3.8) is 0 Å². The fraction of sp³-hybridized carbons (Fsp3) is 0.417. The molecule has 78 valence electrons. The summed E-state index contributed by atoms with van der Waals surface area (Å²) in [7, 11) is 1.70. The van der Waals surface area contributed by atoms with Gasteiger partial charge in [0.1, 0.15) is 0 Å². The molecule has 0 fully saturated rings. The maximum atomic E-state index is 11.8. The van der Waals surface area contributed by atoms with Gasteiger partial charge >= 0.3 is 0 Å². The molecule has 2 nitrogen and oxygen atoms in total. The summed E-state index contributed by atoms with van der Waals surface area (Å²) in [5.74, 6) is 0.180. The number of amides is 1. The van der Waals surface area contributed by atoms with Crippen LogP contribution in [-0.2, 0) is 4.79 Å². The summed E-state index contributed by atoms with van der Waals surface area (Å²) in [5, 5.41) is 0. The van der Waals surface area contributed by atoms with Crippen LogP contribution < -0.4 is 0 Å². The largest absolute Gasteiger partial charge is 0.319 e. The van der Waals surface area contributed by atoms with E-state index in [0.717, 1.165) is 11.1 Å². The normalized spacial score (nSPS) is 11.4. The van der Waals surface area contributed by atoms with E-state index in [4.69, 9.17) is 0 Å². The fourth-order valence-corrected chi connectivity index (χ4v) is 1.03. The second kappa shape index (κ2) is 5.43. The van der Waals surface area contributed by atoms with Crippen molar-refractivity contribution in [1.82, 2.24) is 4.90 Å². The molecule has 0 aromatic rings. The third-order valence-corrected chi connectivity index (χ3v) is 1.87. The molecule has 0 radical (unpaired) electrons. The molecule has 0 rings (SSSR count). The average molecular weight is 193 g/mol. The minimum absolute atomic E-state index is 0.0157. The summed E-state index contributed by atoms with van der Waals surface area (Å²) in [4.78, 5) is 13.3. The molecule has 0 aromatic carbocycles. The van der Waals surface area contributed by atoms with Gasteiger partial charge in [0.2, 0.25) is 0 Å². The van der Waals surface area contributed by atoms with E-state index in [9.17, 15) is 4.79 Å². The van der Waals surface area contributed by atoms with Crippen LogP contribution in [-0.4, -0.2) is 17.9 Å². The summed E-state index contributed by atoms with van der Waals surface area (Å²) in [6, 6.07) is 0. The molecular weight excluding hydrogens is 174 g/mol. The van der Waals surface area contributed by atoms with Crippen molar-refractivity contribution in [3.05, 3.63) is 36.6 Å². The Morgan fingerprint density at radius 2 is 1.93 bits per heavy atom. The third-order valence-electron chi connectivity index (χ3n) is 1.87. The van der Waals surface area contributed by atoms with Gasteiger partial charge in [-0.05, 0) is 19.0 Å². The second-order valence-electron chi connectivity index (χ2n) is 3.70. The van der Waals surface area contributed by atoms with Gasteiger partial charge in [0.15, 0.2) is 0 Å². The van der Waals surface area contributed by atoms with Crippen LogP contribution >= 0.6 is 0 Å². The third kappa shape index (κ3) is 3.60. The van der Waals surface area contributed by atoms with Crippen molar-refractivity contribution in [2.45, 2.75) is 20.8 Å². The van der Waals surface area contributed by atoms with Gasteiger partial charge in [-0.25, -0.2) is 0 Å². The molecule has 0 bridgehead atoms. The first kappa shape index (κ1) is 12.7. The van der Waals surface area contributed by atoms with Crippen molar-refractivity contribution in [3.8, 4) is 0 Å². The minimum atomic E-state index is -0.0157. The zero-order chi connectivity index (χ0) is 11.3. The van der Waals surface area contributed by atoms with Gasteiger partial charge in [-0.2, -0.15) is 0 Å². The lowest BCUT2D eigenvalue weighted by Crippen LogP contribution is -2.24. The zero-order valence-electron chi connectivity index (χ0n) is 9.50. The Bertz CT molecular complexity index is 274. The summed E-state index contributed by atoms with van der Waals surface area (Å²) in [5.41, 5.74) is 1.65. The lowest BCUT2D eigenvalue weighted by molar-refractivity contribution is -0.124. The van der Waals surface area contributed by atoms with Crippen LogP contribution in [0.5, 0.6) is 0 Å². The van der Waals surface area contributed by atoms with Crippen molar-refractivity contribution < 1.29 is 4.79 Å². The Morgan fingerprint density at radius 1 is 1.43 bits per heavy atom. The van der Waals surface area contributed by atoms with Crippen LogP contribution in [0.2, 0.25) is 0 Å². The number of allylic oxidation sites excluding steroid dienone is 2. The zero-order valence-corrected chi connectivity index (χ0v) is 9.50. The van der Waals surface area contributed by atoms with E-state index in [1.807, 2.05) is 26.8 Å². The van der Waals surface area contributed by atoms with Crippen LogP contribution in [0, 0.1) is 5.92 Å². The monoisotopic (exact) mass is 193 g/mol. The van der Waals surface area contributed by atoms with E-state index in [1.54, 1.807) is 7.05 Å². The predicted octanol–water partition coefficient (Wildman–Crippen LogP) is 2.75. The topological polar surface area (TPSA) is 20.3 Å². The van der Waals surface area contributed by atoms with Crippen molar-refractivity contribution >= 4 is 5.91 Å². The first-order valence-corrected chi connectivity index (χ1v) is 4.67. The van der Waals surface area contributed by atoms with Crippen molar-refractivity contribution in [1.29, 1.82) is 0 Å². The number of hydrogen-bond acceptors (Lipinski definition) is 1. The highest BCUT2D eigenvalue weighted by Gasteiger charge is 2.15. The van der Waals surface area contributed by atoms with E-state index in [2.05, 4.69) is 13.2 Å². The minimum Gasteiger partial charge on any atom is -0.319 e. The number of hydrogen-bond donors (Lipinski definition) is 0. The molecule has 0 saturated carbocycles. The molecule has 0 unspecified atom stereocenters. The average Bonchev–Trinajstić information content (AvgIpc) is 2.11. The highest BCUT2D eigenvalue weighted by molar-refractivity contribution is 5.94. The molecule has 0 saturated heterocycles. The van der Waals surface area contributed by atoms with Crippen LogP contribution in [0.1, 0.15) is 20.8 Å². The lowest BCUT2D eigenvalue weighted by atomic mass is 10.00. The molecule has 1 amide bonds. The van der Waals surface area contributed by atoms with Crippen LogP contribution in [0.15, 0.2) is 36.6 Å². The molecule has 2 heteroatoms. The van der Waals surface area contributed by atoms with Gasteiger partial charge in [0, 0.05) is 12.6 Å². The molecule has 0 atom stereocenters. The first-order chi connectivity index (χ1) is 6.40. The van der Waals surface area contributed by atoms with E-state index in [-0.39, 0.29) is 11.8 Å². The molecule has 0 aliphatic heterocycles. The van der Waals surface area contributed by atoms with Gasteiger partial charge < -0.3 is 4.90 Å². The second-order valence-corrected chi connectivity index (χ2v) is 3.70. The first-order valence-electron chi connectivity index (χ1n) is 4.67. The Kier molecular flexibility index (Phi) is 4.92. The highest BCUT2D eigenvalue weighted by Crippen LogP contribution is 2.14. The van der Waals surface area contributed by atoms with Gasteiger partial charge in [-0.1, -0.05) is 38.7 Å². The Hall–Kier alpha value is -1.31.